The lowest BCUT2D eigenvalue weighted by Crippen LogP contribution is -2.37. The molecule has 0 aromatic carbocycles. The van der Waals surface area contributed by atoms with Crippen LogP contribution in [-0.2, 0) is 14.3 Å². The van der Waals surface area contributed by atoms with E-state index in [1.165, 1.54) is 0 Å². The van der Waals surface area contributed by atoms with E-state index in [2.05, 4.69) is 5.32 Å². The van der Waals surface area contributed by atoms with Crippen molar-refractivity contribution in [2.45, 2.75) is 31.7 Å². The minimum absolute atomic E-state index is 0.0951. The number of carbonyl (C=O) groups is 2. The normalized spacial score (nSPS) is 20.6. The van der Waals surface area contributed by atoms with Gasteiger partial charge in [-0.1, -0.05) is 0 Å². The first-order valence-corrected chi connectivity index (χ1v) is 4.90. The van der Waals surface area contributed by atoms with Gasteiger partial charge in [0, 0.05) is 12.8 Å². The molecule has 3 N–H and O–H groups in total. The van der Waals surface area contributed by atoms with E-state index in [-0.39, 0.29) is 11.9 Å². The molecular weight excluding hydrogens is 184 g/mol. The standard InChI is InChI=1S/C9H16N2O3/c10-5-2-1-3-8(12)11-7-4-6-14-9(7)13/h7H,1-6,10H2,(H,11,12)/t7-/m0/s1. The highest BCUT2D eigenvalue weighted by molar-refractivity contribution is 5.85. The molecule has 0 aromatic rings. The minimum atomic E-state index is -0.430. The molecule has 1 aliphatic rings. The highest BCUT2D eigenvalue weighted by Crippen LogP contribution is 2.06. The summed E-state index contributed by atoms with van der Waals surface area (Å²) in [6.07, 6.45) is 2.62. The van der Waals surface area contributed by atoms with E-state index in [0.29, 0.717) is 26.0 Å². The molecule has 1 rings (SSSR count). The summed E-state index contributed by atoms with van der Waals surface area (Å²) in [5, 5.41) is 2.63. The van der Waals surface area contributed by atoms with Crippen LogP contribution in [0.2, 0.25) is 0 Å². The molecular formula is C9H16N2O3. The number of cyclic esters (lactones) is 1. The number of hydrogen-bond acceptors (Lipinski definition) is 4. The topological polar surface area (TPSA) is 81.4 Å². The van der Waals surface area contributed by atoms with Crippen LogP contribution in [0, 0.1) is 0 Å². The Bertz CT molecular complexity index is 218. The maximum absolute atomic E-state index is 11.3. The summed E-state index contributed by atoms with van der Waals surface area (Å²) in [5.74, 6) is -0.417. The largest absolute Gasteiger partial charge is 0.464 e. The van der Waals surface area contributed by atoms with Crippen molar-refractivity contribution >= 4 is 11.9 Å². The van der Waals surface area contributed by atoms with E-state index in [0.717, 1.165) is 12.8 Å². The SMILES string of the molecule is NCCCCC(=O)N[C@H]1CCOC1=O. The molecule has 1 saturated heterocycles. The molecule has 14 heavy (non-hydrogen) atoms. The first kappa shape index (κ1) is 11.0. The van der Waals surface area contributed by atoms with Crippen molar-refractivity contribution in [3.63, 3.8) is 0 Å². The van der Waals surface area contributed by atoms with Crippen molar-refractivity contribution < 1.29 is 14.3 Å². The molecule has 1 amide bonds. The van der Waals surface area contributed by atoms with Gasteiger partial charge in [0.15, 0.2) is 0 Å². The molecule has 0 aliphatic carbocycles. The van der Waals surface area contributed by atoms with Crippen LogP contribution in [0.25, 0.3) is 0 Å². The summed E-state index contributed by atoms with van der Waals surface area (Å²) in [7, 11) is 0. The van der Waals surface area contributed by atoms with Crippen molar-refractivity contribution in [3.05, 3.63) is 0 Å². The Morgan fingerprint density at radius 3 is 2.93 bits per heavy atom. The number of rotatable bonds is 5. The summed E-state index contributed by atoms with van der Waals surface area (Å²) < 4.78 is 4.72. The molecule has 0 radical (unpaired) electrons. The average molecular weight is 200 g/mol. The van der Waals surface area contributed by atoms with E-state index < -0.39 is 6.04 Å². The molecule has 1 heterocycles. The lowest BCUT2D eigenvalue weighted by atomic mass is 10.2. The first-order valence-electron chi connectivity index (χ1n) is 4.90. The molecule has 1 fully saturated rings. The van der Waals surface area contributed by atoms with Gasteiger partial charge in [0.2, 0.25) is 5.91 Å². The van der Waals surface area contributed by atoms with Gasteiger partial charge >= 0.3 is 5.97 Å². The van der Waals surface area contributed by atoms with Crippen LogP contribution in [0.4, 0.5) is 0 Å². The summed E-state index contributed by atoms with van der Waals surface area (Å²) >= 11 is 0. The quantitative estimate of drug-likeness (QED) is 0.465. The summed E-state index contributed by atoms with van der Waals surface area (Å²) in [4.78, 5) is 22.2. The number of hydrogen-bond donors (Lipinski definition) is 2. The van der Waals surface area contributed by atoms with Crippen LogP contribution in [0.15, 0.2) is 0 Å². The minimum Gasteiger partial charge on any atom is -0.464 e. The molecule has 0 unspecified atom stereocenters. The zero-order chi connectivity index (χ0) is 10.4. The second-order valence-electron chi connectivity index (χ2n) is 3.32. The highest BCUT2D eigenvalue weighted by Gasteiger charge is 2.27. The third-order valence-electron chi connectivity index (χ3n) is 2.13. The average Bonchev–Trinajstić information content (AvgIpc) is 2.52. The maximum Gasteiger partial charge on any atom is 0.328 e. The second-order valence-corrected chi connectivity index (χ2v) is 3.32. The predicted octanol–water partition coefficient (Wildman–Crippen LogP) is -0.453. The number of nitrogens with two attached hydrogens (primary N) is 1. The molecule has 0 spiro atoms. The number of nitrogens with one attached hydrogen (secondary N) is 1. The van der Waals surface area contributed by atoms with Gasteiger partial charge in [0.25, 0.3) is 0 Å². The highest BCUT2D eigenvalue weighted by atomic mass is 16.5. The maximum atomic E-state index is 11.3. The fourth-order valence-corrected chi connectivity index (χ4v) is 1.32. The van der Waals surface area contributed by atoms with Crippen LogP contribution in [-0.4, -0.2) is 31.1 Å². The van der Waals surface area contributed by atoms with Gasteiger partial charge in [-0.25, -0.2) is 4.79 Å². The Morgan fingerprint density at radius 2 is 2.36 bits per heavy atom. The predicted molar refractivity (Wildman–Crippen MR) is 50.4 cm³/mol. The molecule has 5 nitrogen and oxygen atoms in total. The van der Waals surface area contributed by atoms with Gasteiger partial charge in [-0.15, -0.1) is 0 Å². The fourth-order valence-electron chi connectivity index (χ4n) is 1.32. The van der Waals surface area contributed by atoms with E-state index in [9.17, 15) is 9.59 Å². The molecule has 1 atom stereocenters. The van der Waals surface area contributed by atoms with Crippen LogP contribution < -0.4 is 11.1 Å². The van der Waals surface area contributed by atoms with Crippen LogP contribution in [0.1, 0.15) is 25.7 Å². The van der Waals surface area contributed by atoms with E-state index in [1.54, 1.807) is 0 Å². The Balaban J connectivity index is 2.16. The molecule has 80 valence electrons. The summed E-state index contributed by atoms with van der Waals surface area (Å²) in [6.45, 7) is 1.01. The number of ether oxygens (including phenoxy) is 1. The molecule has 0 saturated carbocycles. The van der Waals surface area contributed by atoms with Gasteiger partial charge < -0.3 is 15.8 Å². The van der Waals surface area contributed by atoms with Crippen molar-refractivity contribution in [2.24, 2.45) is 5.73 Å². The lowest BCUT2D eigenvalue weighted by molar-refractivity contribution is -0.141. The number of unbranched alkanes of at least 4 members (excludes halogenated alkanes) is 1. The summed E-state index contributed by atoms with van der Waals surface area (Å²) in [6, 6.07) is -0.430. The number of carbonyl (C=O) groups excluding carboxylic acids is 2. The van der Waals surface area contributed by atoms with Crippen molar-refractivity contribution in [1.82, 2.24) is 5.32 Å². The Hall–Kier alpha value is -1.10. The smallest absolute Gasteiger partial charge is 0.328 e. The first-order chi connectivity index (χ1) is 6.74. The second kappa shape index (κ2) is 5.59. The third kappa shape index (κ3) is 3.33. The molecule has 1 aliphatic heterocycles. The van der Waals surface area contributed by atoms with Gasteiger partial charge in [-0.3, -0.25) is 4.79 Å². The van der Waals surface area contributed by atoms with Crippen LogP contribution >= 0.6 is 0 Å². The summed E-state index contributed by atoms with van der Waals surface area (Å²) in [5.41, 5.74) is 5.29. The Labute approximate surface area is 83.0 Å². The van der Waals surface area contributed by atoms with Gasteiger partial charge in [0.1, 0.15) is 6.04 Å². The van der Waals surface area contributed by atoms with Crippen LogP contribution in [0.5, 0.6) is 0 Å². The third-order valence-corrected chi connectivity index (χ3v) is 2.13. The van der Waals surface area contributed by atoms with Gasteiger partial charge in [0.05, 0.1) is 6.61 Å². The van der Waals surface area contributed by atoms with E-state index >= 15 is 0 Å². The van der Waals surface area contributed by atoms with Crippen LogP contribution in [0.3, 0.4) is 0 Å². The fraction of sp³-hybridized carbons (Fsp3) is 0.778. The molecule has 0 aromatic heterocycles. The lowest BCUT2D eigenvalue weighted by Gasteiger charge is -2.07. The van der Waals surface area contributed by atoms with Crippen molar-refractivity contribution in [2.75, 3.05) is 13.2 Å². The van der Waals surface area contributed by atoms with Gasteiger partial charge in [-0.05, 0) is 19.4 Å². The Morgan fingerprint density at radius 1 is 1.57 bits per heavy atom. The zero-order valence-corrected chi connectivity index (χ0v) is 8.12. The molecule has 0 bridgehead atoms. The van der Waals surface area contributed by atoms with E-state index in [4.69, 9.17) is 10.5 Å². The zero-order valence-electron chi connectivity index (χ0n) is 8.12. The van der Waals surface area contributed by atoms with Gasteiger partial charge in [-0.2, -0.15) is 0 Å². The van der Waals surface area contributed by atoms with E-state index in [1.807, 2.05) is 0 Å². The van der Waals surface area contributed by atoms with Crippen molar-refractivity contribution in [1.29, 1.82) is 0 Å². The number of amides is 1. The van der Waals surface area contributed by atoms with Crippen molar-refractivity contribution in [3.8, 4) is 0 Å². The Kier molecular flexibility index (Phi) is 4.39. The number of esters is 1. The monoisotopic (exact) mass is 200 g/mol. The molecule has 5 heteroatoms.